The molecule has 2 aromatic rings. The minimum Gasteiger partial charge on any atom is -0.375 e. The van der Waals surface area contributed by atoms with Gasteiger partial charge in [0.05, 0.1) is 24.5 Å². The molecule has 2 aliphatic heterocycles. The Balaban J connectivity index is 1.22. The van der Waals surface area contributed by atoms with Crippen molar-refractivity contribution in [3.05, 3.63) is 65.8 Å². The van der Waals surface area contributed by atoms with Crippen LogP contribution in [0.5, 0.6) is 0 Å². The van der Waals surface area contributed by atoms with Crippen molar-refractivity contribution >= 4 is 5.57 Å². The molecule has 3 fully saturated rings. The molecule has 6 nitrogen and oxygen atoms in total. The molecule has 2 unspecified atom stereocenters. The average molecular weight is 490 g/mol. The molecule has 4 aliphatic rings. The van der Waals surface area contributed by atoms with Gasteiger partial charge in [0.1, 0.15) is 0 Å². The number of nitrogens with zero attached hydrogens (tertiary/aromatic N) is 2. The molecule has 2 saturated heterocycles. The summed E-state index contributed by atoms with van der Waals surface area (Å²) in [5.74, 6) is -0.414. The van der Waals surface area contributed by atoms with E-state index in [4.69, 9.17) is 29.9 Å². The van der Waals surface area contributed by atoms with Crippen LogP contribution in [0, 0.1) is 0 Å². The van der Waals surface area contributed by atoms with Crippen molar-refractivity contribution in [2.75, 3.05) is 19.8 Å². The number of hydrogen-bond donors (Lipinski definition) is 1. The molecule has 192 valence electrons. The second-order valence-electron chi connectivity index (χ2n) is 11.4. The summed E-state index contributed by atoms with van der Waals surface area (Å²) in [4.78, 5) is 9.67. The van der Waals surface area contributed by atoms with Gasteiger partial charge in [-0.25, -0.2) is 0 Å². The summed E-state index contributed by atoms with van der Waals surface area (Å²) < 4.78 is 18.3. The van der Waals surface area contributed by atoms with Crippen LogP contribution in [0.25, 0.3) is 5.57 Å². The topological polar surface area (TPSA) is 79.5 Å². The van der Waals surface area contributed by atoms with Gasteiger partial charge in [0.2, 0.25) is 0 Å². The van der Waals surface area contributed by atoms with Crippen LogP contribution in [0.15, 0.2) is 48.8 Å². The maximum absolute atomic E-state index is 6.98. The predicted molar refractivity (Wildman–Crippen MR) is 139 cm³/mol. The Kier molecular flexibility index (Phi) is 6.71. The first kappa shape index (κ1) is 24.2. The second kappa shape index (κ2) is 9.97. The molecule has 0 aromatic carbocycles. The minimum absolute atomic E-state index is 0.00218. The van der Waals surface area contributed by atoms with Gasteiger partial charge in [0.15, 0.2) is 5.79 Å². The van der Waals surface area contributed by atoms with Gasteiger partial charge >= 0.3 is 0 Å². The van der Waals surface area contributed by atoms with E-state index < -0.39 is 5.79 Å². The lowest BCUT2D eigenvalue weighted by molar-refractivity contribution is -0.159. The van der Waals surface area contributed by atoms with Gasteiger partial charge in [-0.05, 0) is 74.3 Å². The highest BCUT2D eigenvalue weighted by Crippen LogP contribution is 2.50. The molecule has 6 rings (SSSR count). The highest BCUT2D eigenvalue weighted by Gasteiger charge is 2.49. The van der Waals surface area contributed by atoms with Gasteiger partial charge in [-0.1, -0.05) is 31.1 Å². The molecule has 1 saturated carbocycles. The van der Waals surface area contributed by atoms with Crippen molar-refractivity contribution in [2.24, 2.45) is 5.73 Å². The smallest absolute Gasteiger partial charge is 0.172 e. The third kappa shape index (κ3) is 4.76. The molecule has 0 radical (unpaired) electrons. The van der Waals surface area contributed by atoms with Gasteiger partial charge in [0.25, 0.3) is 0 Å². The molecule has 2 aliphatic carbocycles. The fourth-order valence-corrected chi connectivity index (χ4v) is 7.26. The highest BCUT2D eigenvalue weighted by atomic mass is 16.7. The molecule has 2 spiro atoms. The summed E-state index contributed by atoms with van der Waals surface area (Å²) >= 11 is 0. The monoisotopic (exact) mass is 489 g/mol. The second-order valence-corrected chi connectivity index (χ2v) is 11.4. The van der Waals surface area contributed by atoms with Crippen molar-refractivity contribution in [1.82, 2.24) is 9.97 Å². The zero-order valence-corrected chi connectivity index (χ0v) is 21.3. The average Bonchev–Trinajstić information content (AvgIpc) is 3.55. The Morgan fingerprint density at radius 2 is 1.72 bits per heavy atom. The van der Waals surface area contributed by atoms with Crippen LogP contribution in [0.1, 0.15) is 81.2 Å². The van der Waals surface area contributed by atoms with Crippen molar-refractivity contribution < 1.29 is 14.2 Å². The summed E-state index contributed by atoms with van der Waals surface area (Å²) in [5, 5.41) is 0. The van der Waals surface area contributed by atoms with Crippen molar-refractivity contribution in [3.63, 3.8) is 0 Å². The highest BCUT2D eigenvalue weighted by molar-refractivity contribution is 5.66. The van der Waals surface area contributed by atoms with Crippen LogP contribution in [0.4, 0.5) is 0 Å². The summed E-state index contributed by atoms with van der Waals surface area (Å²) in [7, 11) is 0. The molecule has 4 heterocycles. The fraction of sp³-hybridized carbons (Fsp3) is 0.600. The van der Waals surface area contributed by atoms with Crippen molar-refractivity contribution in [2.45, 2.75) is 93.5 Å². The lowest BCUT2D eigenvalue weighted by Gasteiger charge is -2.47. The molecule has 0 bridgehead atoms. The first-order valence-electron chi connectivity index (χ1n) is 13.8. The molecular formula is C30H39N3O3. The van der Waals surface area contributed by atoms with E-state index in [0.29, 0.717) is 13.2 Å². The third-order valence-electron chi connectivity index (χ3n) is 8.95. The summed E-state index contributed by atoms with van der Waals surface area (Å²) in [6.07, 6.45) is 17.2. The van der Waals surface area contributed by atoms with E-state index in [9.17, 15) is 0 Å². The Morgan fingerprint density at radius 3 is 2.47 bits per heavy atom. The summed E-state index contributed by atoms with van der Waals surface area (Å²) in [6.45, 7) is 2.18. The summed E-state index contributed by atoms with van der Waals surface area (Å²) in [5.41, 5.74) is 11.7. The van der Waals surface area contributed by atoms with E-state index in [1.165, 1.54) is 29.7 Å². The quantitative estimate of drug-likeness (QED) is 0.608. The number of pyridine rings is 2. The molecule has 2 atom stereocenters. The van der Waals surface area contributed by atoms with Crippen LogP contribution >= 0.6 is 0 Å². The van der Waals surface area contributed by atoms with Gasteiger partial charge in [0, 0.05) is 49.0 Å². The number of aromatic nitrogens is 2. The molecular weight excluding hydrogens is 450 g/mol. The number of rotatable bonds is 6. The molecule has 36 heavy (non-hydrogen) atoms. The number of allylic oxidation sites excluding steroid dienone is 1. The number of nitrogens with two attached hydrogens (primary N) is 1. The van der Waals surface area contributed by atoms with Crippen molar-refractivity contribution in [1.29, 1.82) is 0 Å². The maximum Gasteiger partial charge on any atom is 0.172 e. The lowest BCUT2D eigenvalue weighted by Crippen LogP contribution is -2.49. The van der Waals surface area contributed by atoms with E-state index in [1.54, 1.807) is 0 Å². The normalized spacial score (nSPS) is 27.9. The van der Waals surface area contributed by atoms with Gasteiger partial charge in [-0.2, -0.15) is 0 Å². The largest absolute Gasteiger partial charge is 0.375 e. The maximum atomic E-state index is 6.98. The number of hydrogen-bond acceptors (Lipinski definition) is 6. The fourth-order valence-electron chi connectivity index (χ4n) is 7.26. The summed E-state index contributed by atoms with van der Waals surface area (Å²) in [6, 6.07) is 10.6. The lowest BCUT2D eigenvalue weighted by atomic mass is 9.66. The van der Waals surface area contributed by atoms with Gasteiger partial charge < -0.3 is 19.9 Å². The Morgan fingerprint density at radius 1 is 0.889 bits per heavy atom. The Bertz CT molecular complexity index is 1080. The van der Waals surface area contributed by atoms with Crippen molar-refractivity contribution in [3.8, 4) is 0 Å². The van der Waals surface area contributed by atoms with E-state index >= 15 is 0 Å². The zero-order chi connectivity index (χ0) is 24.5. The van der Waals surface area contributed by atoms with E-state index in [2.05, 4.69) is 24.3 Å². The first-order valence-corrected chi connectivity index (χ1v) is 13.8. The Hall–Kier alpha value is -2.12. The molecule has 0 amide bonds. The van der Waals surface area contributed by atoms with Crippen LogP contribution < -0.4 is 5.73 Å². The zero-order valence-electron chi connectivity index (χ0n) is 21.3. The van der Waals surface area contributed by atoms with Crippen LogP contribution in [-0.2, 0) is 26.0 Å². The molecule has 2 N–H and O–H groups in total. The van der Waals surface area contributed by atoms with Gasteiger partial charge in [-0.15, -0.1) is 0 Å². The van der Waals surface area contributed by atoms with Gasteiger partial charge in [-0.3, -0.25) is 9.97 Å². The first-order chi connectivity index (χ1) is 17.6. The van der Waals surface area contributed by atoms with E-state index in [0.717, 1.165) is 70.1 Å². The van der Waals surface area contributed by atoms with Crippen LogP contribution in [0.2, 0.25) is 0 Å². The minimum atomic E-state index is -0.414. The SMILES string of the molecule is NC(Cc1cccnc1C1=CCC2(CC1)OCCO2)CC1(c2ccccn2)CCOC2(CCCC2)C1. The van der Waals surface area contributed by atoms with Crippen LogP contribution in [0.3, 0.4) is 0 Å². The standard InChI is InChI=1S/C30H39N3O3/c31-25(20-24-6-5-16-33-27(24)23-8-12-30(13-9-23)35-18-19-36-30)21-28(26-7-1-4-15-32-26)14-17-34-29(22-28)10-2-3-11-29/h1,4-8,15-16,25H,2-3,9-14,17-22,31H2. The Labute approximate surface area is 214 Å². The molecule has 6 heteroatoms. The van der Waals surface area contributed by atoms with E-state index in [1.807, 2.05) is 24.5 Å². The molecule has 2 aromatic heterocycles. The number of ether oxygens (including phenoxy) is 3. The van der Waals surface area contributed by atoms with E-state index in [-0.39, 0.29) is 17.1 Å². The predicted octanol–water partition coefficient (Wildman–Crippen LogP) is 5.11. The van der Waals surface area contributed by atoms with Crippen LogP contribution in [-0.4, -0.2) is 47.2 Å². The third-order valence-corrected chi connectivity index (χ3v) is 8.95.